The van der Waals surface area contributed by atoms with Crippen LogP contribution in [0.4, 0.5) is 5.69 Å². The molecule has 0 aliphatic rings. The summed E-state index contributed by atoms with van der Waals surface area (Å²) in [4.78, 5) is 48.0. The molecule has 0 saturated heterocycles. The predicted octanol–water partition coefficient (Wildman–Crippen LogP) is 1.65. The molecule has 0 radical (unpaired) electrons. The highest BCUT2D eigenvalue weighted by Crippen LogP contribution is 2.35. The van der Waals surface area contributed by atoms with Gasteiger partial charge < -0.3 is 25.8 Å². The summed E-state index contributed by atoms with van der Waals surface area (Å²) in [6.07, 6.45) is 0. The van der Waals surface area contributed by atoms with Crippen molar-refractivity contribution in [1.29, 1.82) is 0 Å². The van der Waals surface area contributed by atoms with Crippen LogP contribution >= 0.6 is 67.8 Å². The molecule has 12 heteroatoms. The average molecular weight is 715 g/mol. The maximum atomic E-state index is 12.8. The van der Waals surface area contributed by atoms with Gasteiger partial charge in [-0.05, 0) is 67.8 Å². The number of nitrogens with one attached hydrogen (secondary N) is 3. The summed E-state index contributed by atoms with van der Waals surface area (Å²) >= 11 is 5.66. The van der Waals surface area contributed by atoms with Crippen LogP contribution in [0, 0.1) is 10.7 Å². The number of ether oxygens (including phenoxy) is 1. The van der Waals surface area contributed by atoms with Crippen molar-refractivity contribution < 1.29 is 29.0 Å². The first-order valence-electron chi connectivity index (χ1n) is 7.29. The normalized spacial score (nSPS) is 11.5. The van der Waals surface area contributed by atoms with Gasteiger partial charge in [-0.25, -0.2) is 4.79 Å². The first-order valence-corrected chi connectivity index (χ1v) is 10.5. The minimum Gasteiger partial charge on any atom is -0.480 e. The number of carboxylic acids is 1. The van der Waals surface area contributed by atoms with E-state index >= 15 is 0 Å². The van der Waals surface area contributed by atoms with Crippen molar-refractivity contribution in [1.82, 2.24) is 10.6 Å². The van der Waals surface area contributed by atoms with E-state index < -0.39 is 23.8 Å². The van der Waals surface area contributed by atoms with Crippen molar-refractivity contribution in [2.45, 2.75) is 13.0 Å². The van der Waals surface area contributed by atoms with Crippen molar-refractivity contribution in [3.05, 3.63) is 21.8 Å². The molecule has 0 aliphatic carbocycles. The molecule has 9 nitrogen and oxygen atoms in total. The van der Waals surface area contributed by atoms with Gasteiger partial charge in [0.05, 0.1) is 30.6 Å². The highest BCUT2D eigenvalue weighted by molar-refractivity contribution is 14.1. The molecule has 0 aromatic heterocycles. The Morgan fingerprint density at radius 2 is 1.56 bits per heavy atom. The van der Waals surface area contributed by atoms with Crippen molar-refractivity contribution in [3.8, 4) is 0 Å². The van der Waals surface area contributed by atoms with Gasteiger partial charge in [0.2, 0.25) is 5.91 Å². The summed E-state index contributed by atoms with van der Waals surface area (Å²) in [6, 6.07) is -1.26. The summed E-state index contributed by atoms with van der Waals surface area (Å²) in [5, 5.41) is 16.7. The number of methoxy groups -OCH3 is 1. The minimum absolute atomic E-state index is 0.0984. The van der Waals surface area contributed by atoms with Crippen LogP contribution in [0.2, 0.25) is 0 Å². The van der Waals surface area contributed by atoms with Crippen LogP contribution in [0.3, 0.4) is 0 Å². The standard InChI is InChI=1S/C15H16I3N3O6/c1-5(22)20-12-10(17)7(13(23)19-2)9(16)8(11(12)18)14(24)21-6(4-27-3)15(25)26/h6H,4H2,1-3H3,(H,19,23)(H,20,22)(H,21,24)(H,25,26). The van der Waals surface area contributed by atoms with Crippen LogP contribution < -0.4 is 16.0 Å². The second-order valence-electron chi connectivity index (χ2n) is 5.15. The van der Waals surface area contributed by atoms with Gasteiger partial charge in [-0.2, -0.15) is 0 Å². The Kier molecular flexibility index (Phi) is 9.63. The molecule has 0 fully saturated rings. The maximum absolute atomic E-state index is 12.8. The fourth-order valence-corrected chi connectivity index (χ4v) is 6.46. The molecular formula is C15H16I3N3O6. The number of amides is 3. The molecule has 27 heavy (non-hydrogen) atoms. The summed E-state index contributed by atoms with van der Waals surface area (Å²) in [5.74, 6) is -2.76. The lowest BCUT2D eigenvalue weighted by atomic mass is 10.1. The first kappa shape index (κ1) is 24.3. The molecule has 1 unspecified atom stereocenters. The molecular weight excluding hydrogens is 699 g/mol. The fourth-order valence-electron chi connectivity index (χ4n) is 2.05. The molecule has 1 aromatic carbocycles. The van der Waals surface area contributed by atoms with Gasteiger partial charge in [0.25, 0.3) is 11.8 Å². The number of benzene rings is 1. The Morgan fingerprint density at radius 3 is 1.96 bits per heavy atom. The highest BCUT2D eigenvalue weighted by Gasteiger charge is 2.30. The molecule has 148 valence electrons. The molecule has 0 aliphatic heterocycles. The van der Waals surface area contributed by atoms with E-state index in [1.54, 1.807) is 0 Å². The smallest absolute Gasteiger partial charge is 0.328 e. The lowest BCUT2D eigenvalue weighted by molar-refractivity contribution is -0.140. The molecule has 3 amide bonds. The van der Waals surface area contributed by atoms with E-state index in [9.17, 15) is 24.3 Å². The van der Waals surface area contributed by atoms with E-state index in [4.69, 9.17) is 4.74 Å². The van der Waals surface area contributed by atoms with Crippen LogP contribution in [0.1, 0.15) is 27.6 Å². The SMILES string of the molecule is CNC(=O)c1c(I)c(NC(C)=O)c(I)c(C(=O)NC(COC)C(=O)O)c1I. The second-order valence-corrected chi connectivity index (χ2v) is 8.38. The predicted molar refractivity (Wildman–Crippen MR) is 123 cm³/mol. The van der Waals surface area contributed by atoms with Gasteiger partial charge >= 0.3 is 5.97 Å². The van der Waals surface area contributed by atoms with Crippen LogP contribution in [0.15, 0.2) is 0 Å². The number of carbonyl (C=O) groups is 4. The van der Waals surface area contributed by atoms with Gasteiger partial charge in [0.1, 0.15) is 0 Å². The topological polar surface area (TPSA) is 134 Å². The third-order valence-electron chi connectivity index (χ3n) is 3.24. The lowest BCUT2D eigenvalue weighted by Gasteiger charge is -2.20. The summed E-state index contributed by atoms with van der Waals surface area (Å²) < 4.78 is 6.02. The zero-order chi connectivity index (χ0) is 20.9. The Morgan fingerprint density at radius 1 is 1.04 bits per heavy atom. The third-order valence-corrected chi connectivity index (χ3v) is 6.47. The second kappa shape index (κ2) is 10.7. The zero-order valence-electron chi connectivity index (χ0n) is 14.4. The van der Waals surface area contributed by atoms with Gasteiger partial charge in [0, 0.05) is 24.7 Å². The number of hydrogen-bond donors (Lipinski definition) is 4. The zero-order valence-corrected chi connectivity index (χ0v) is 20.9. The number of halogens is 3. The molecule has 0 bridgehead atoms. The number of rotatable bonds is 7. The van der Waals surface area contributed by atoms with Gasteiger partial charge in [0.15, 0.2) is 6.04 Å². The molecule has 0 heterocycles. The van der Waals surface area contributed by atoms with Gasteiger partial charge in [-0.15, -0.1) is 0 Å². The average Bonchev–Trinajstić information content (AvgIpc) is 2.57. The summed E-state index contributed by atoms with van der Waals surface area (Å²) in [7, 11) is 2.77. The molecule has 1 rings (SSSR count). The van der Waals surface area contributed by atoms with Gasteiger partial charge in [-0.1, -0.05) is 0 Å². The molecule has 1 aromatic rings. The third kappa shape index (κ3) is 5.86. The molecule has 0 saturated carbocycles. The number of aliphatic carboxylic acids is 1. The summed E-state index contributed by atoms with van der Waals surface area (Å²) in [6.45, 7) is 1.09. The largest absolute Gasteiger partial charge is 0.480 e. The Balaban J connectivity index is 3.61. The number of carboxylic acid groups (broad SMARTS) is 1. The van der Waals surface area contributed by atoms with Crippen molar-refractivity contribution in [2.75, 3.05) is 26.1 Å². The molecule has 4 N–H and O–H groups in total. The molecule has 1 atom stereocenters. The van der Waals surface area contributed by atoms with Crippen molar-refractivity contribution in [2.24, 2.45) is 0 Å². The summed E-state index contributed by atoms with van der Waals surface area (Å²) in [5.41, 5.74) is 0.624. The minimum atomic E-state index is -1.26. The molecule has 0 spiro atoms. The van der Waals surface area contributed by atoms with Crippen LogP contribution in [0.25, 0.3) is 0 Å². The number of anilines is 1. The Labute approximate surface area is 196 Å². The van der Waals surface area contributed by atoms with Crippen LogP contribution in [-0.2, 0) is 14.3 Å². The first-order chi connectivity index (χ1) is 12.6. The maximum Gasteiger partial charge on any atom is 0.328 e. The van der Waals surface area contributed by atoms with Gasteiger partial charge in [-0.3, -0.25) is 14.4 Å². The number of carbonyl (C=O) groups excluding carboxylic acids is 3. The van der Waals surface area contributed by atoms with Crippen LogP contribution in [-0.4, -0.2) is 55.6 Å². The Bertz CT molecular complexity index is 800. The van der Waals surface area contributed by atoms with E-state index in [2.05, 4.69) is 16.0 Å². The van der Waals surface area contributed by atoms with E-state index in [1.807, 2.05) is 67.8 Å². The number of hydrogen-bond acceptors (Lipinski definition) is 5. The quantitative estimate of drug-likeness (QED) is 0.318. The van der Waals surface area contributed by atoms with Crippen molar-refractivity contribution in [3.63, 3.8) is 0 Å². The van der Waals surface area contributed by atoms with E-state index in [0.29, 0.717) is 16.4 Å². The van der Waals surface area contributed by atoms with E-state index in [1.165, 1.54) is 21.1 Å². The fraction of sp³-hybridized carbons (Fsp3) is 0.333. The monoisotopic (exact) mass is 715 g/mol. The lowest BCUT2D eigenvalue weighted by Crippen LogP contribution is -2.44. The highest BCUT2D eigenvalue weighted by atomic mass is 127. The van der Waals surface area contributed by atoms with Crippen molar-refractivity contribution >= 4 is 97.2 Å². The van der Waals surface area contributed by atoms with E-state index in [0.717, 1.165) is 0 Å². The van der Waals surface area contributed by atoms with Crippen LogP contribution in [0.5, 0.6) is 0 Å². The van der Waals surface area contributed by atoms with E-state index in [-0.39, 0.29) is 23.6 Å². The Hall–Kier alpha value is -0.750.